The van der Waals surface area contributed by atoms with Crippen LogP contribution < -0.4 is 14.9 Å². The van der Waals surface area contributed by atoms with Crippen LogP contribution in [0.3, 0.4) is 0 Å². The molecule has 2 aromatic rings. The Morgan fingerprint density at radius 3 is 2.84 bits per heavy atom. The third-order valence-electron chi connectivity index (χ3n) is 3.18. The Balaban J connectivity index is 1.92. The van der Waals surface area contributed by atoms with E-state index in [1.165, 1.54) is 13.3 Å². The van der Waals surface area contributed by atoms with Crippen LogP contribution in [0.1, 0.15) is 11.1 Å². The van der Waals surface area contributed by atoms with Crippen molar-refractivity contribution in [2.45, 2.75) is 6.92 Å². The minimum absolute atomic E-state index is 0.0726. The first kappa shape index (κ1) is 19.1. The summed E-state index contributed by atoms with van der Waals surface area (Å²) in [5, 5.41) is 14.4. The summed E-state index contributed by atoms with van der Waals surface area (Å²) >= 11 is 9.23. The lowest BCUT2D eigenvalue weighted by atomic mass is 10.2. The van der Waals surface area contributed by atoms with E-state index in [0.717, 1.165) is 5.56 Å². The summed E-state index contributed by atoms with van der Waals surface area (Å²) in [4.78, 5) is 11.8. The molecule has 2 N–H and O–H groups in total. The Hall–Kier alpha value is -2.25. The third kappa shape index (κ3) is 5.37. The zero-order valence-electron chi connectivity index (χ0n) is 13.5. The fourth-order valence-electron chi connectivity index (χ4n) is 1.91. The molecule has 0 atom stereocenters. The monoisotopic (exact) mass is 426 g/mol. The van der Waals surface area contributed by atoms with Crippen LogP contribution >= 0.6 is 27.5 Å². The predicted octanol–water partition coefficient (Wildman–Crippen LogP) is 3.65. The molecule has 6 nitrogen and oxygen atoms in total. The molecule has 2 rings (SSSR count). The maximum absolute atomic E-state index is 11.8. The van der Waals surface area contributed by atoms with E-state index in [1.807, 2.05) is 6.92 Å². The molecule has 0 aliphatic rings. The number of amides is 1. The zero-order chi connectivity index (χ0) is 18.4. The smallest absolute Gasteiger partial charge is 0.277 e. The Bertz CT molecular complexity index is 811. The van der Waals surface area contributed by atoms with Crippen molar-refractivity contribution in [3.8, 4) is 17.2 Å². The van der Waals surface area contributed by atoms with Gasteiger partial charge in [-0.15, -0.1) is 0 Å². The first-order valence-corrected chi connectivity index (χ1v) is 8.35. The minimum Gasteiger partial charge on any atom is -0.504 e. The fraction of sp³-hybridized carbons (Fsp3) is 0.176. The van der Waals surface area contributed by atoms with Crippen molar-refractivity contribution in [2.24, 2.45) is 5.10 Å². The number of aromatic hydroxyl groups is 1. The number of hydrogen-bond acceptors (Lipinski definition) is 5. The molecule has 0 spiro atoms. The van der Waals surface area contributed by atoms with Crippen molar-refractivity contribution in [1.82, 2.24) is 5.43 Å². The number of phenolic OH excluding ortho intramolecular Hbond substituents is 1. The largest absolute Gasteiger partial charge is 0.504 e. The maximum Gasteiger partial charge on any atom is 0.277 e. The van der Waals surface area contributed by atoms with Crippen LogP contribution in [0.2, 0.25) is 5.02 Å². The Kier molecular flexibility index (Phi) is 6.66. The fourth-order valence-corrected chi connectivity index (χ4v) is 2.48. The number of nitrogens with one attached hydrogen (secondary N) is 1. The molecule has 25 heavy (non-hydrogen) atoms. The minimum atomic E-state index is -0.440. The van der Waals surface area contributed by atoms with Crippen LogP contribution in [-0.2, 0) is 4.79 Å². The highest BCUT2D eigenvalue weighted by atomic mass is 79.9. The normalized spacial score (nSPS) is 10.7. The molecule has 0 aliphatic carbocycles. The topological polar surface area (TPSA) is 80.2 Å². The quantitative estimate of drug-likeness (QED) is 0.545. The van der Waals surface area contributed by atoms with Crippen LogP contribution in [0.5, 0.6) is 17.2 Å². The third-order valence-corrected chi connectivity index (χ3v) is 4.06. The van der Waals surface area contributed by atoms with Crippen LogP contribution in [0.25, 0.3) is 0 Å². The number of carbonyl (C=O) groups excluding carboxylic acids is 1. The van der Waals surface area contributed by atoms with Crippen LogP contribution in [0.15, 0.2) is 39.9 Å². The van der Waals surface area contributed by atoms with Crippen LogP contribution in [0, 0.1) is 6.92 Å². The van der Waals surface area contributed by atoms with E-state index >= 15 is 0 Å². The van der Waals surface area contributed by atoms with Crippen LogP contribution in [0.4, 0.5) is 0 Å². The van der Waals surface area contributed by atoms with Gasteiger partial charge in [0.2, 0.25) is 0 Å². The summed E-state index contributed by atoms with van der Waals surface area (Å²) in [5.41, 5.74) is 3.57. The highest BCUT2D eigenvalue weighted by molar-refractivity contribution is 9.10. The Morgan fingerprint density at radius 1 is 1.40 bits per heavy atom. The number of nitrogens with zero attached hydrogens (tertiary/aromatic N) is 1. The van der Waals surface area contributed by atoms with Crippen molar-refractivity contribution in [1.29, 1.82) is 0 Å². The van der Waals surface area contributed by atoms with Gasteiger partial charge in [0, 0.05) is 15.1 Å². The van der Waals surface area contributed by atoms with E-state index in [4.69, 9.17) is 21.1 Å². The summed E-state index contributed by atoms with van der Waals surface area (Å²) in [6, 6.07) is 8.38. The number of aryl methyl sites for hydroxylation is 1. The highest BCUT2D eigenvalue weighted by Crippen LogP contribution is 2.32. The standard InChI is InChI=1S/C17H16BrClN2O4/c1-10-5-13(3-4-14(10)19)25-9-16(22)21-20-8-11-6-12(18)7-15(24-2)17(11)23/h3-8,23H,9H2,1-2H3,(H,21,22). The van der Waals surface area contributed by atoms with Crippen molar-refractivity contribution < 1.29 is 19.4 Å². The summed E-state index contributed by atoms with van der Waals surface area (Å²) in [6.45, 7) is 1.64. The van der Waals surface area contributed by atoms with Gasteiger partial charge < -0.3 is 14.6 Å². The molecule has 0 radical (unpaired) electrons. The second-order valence-corrected chi connectivity index (χ2v) is 6.36. The molecule has 1 amide bonds. The van der Waals surface area contributed by atoms with E-state index in [-0.39, 0.29) is 12.4 Å². The van der Waals surface area contributed by atoms with Gasteiger partial charge in [-0.1, -0.05) is 27.5 Å². The maximum atomic E-state index is 11.8. The average molecular weight is 428 g/mol. The number of halogens is 2. The average Bonchev–Trinajstić information content (AvgIpc) is 2.58. The Labute approximate surface area is 158 Å². The lowest BCUT2D eigenvalue weighted by Crippen LogP contribution is -2.24. The highest BCUT2D eigenvalue weighted by Gasteiger charge is 2.08. The Morgan fingerprint density at radius 2 is 2.16 bits per heavy atom. The van der Waals surface area contributed by atoms with Gasteiger partial charge in [0.15, 0.2) is 18.1 Å². The number of benzene rings is 2. The van der Waals surface area contributed by atoms with E-state index in [9.17, 15) is 9.90 Å². The molecular formula is C17H16BrClN2O4. The van der Waals surface area contributed by atoms with Gasteiger partial charge in [-0.25, -0.2) is 5.43 Å². The molecule has 0 fully saturated rings. The molecule has 0 heterocycles. The van der Waals surface area contributed by atoms with Crippen molar-refractivity contribution in [3.63, 3.8) is 0 Å². The van der Waals surface area contributed by atoms with Crippen molar-refractivity contribution in [3.05, 3.63) is 51.0 Å². The molecule has 132 valence electrons. The van der Waals surface area contributed by atoms with Gasteiger partial charge in [-0.3, -0.25) is 4.79 Å². The zero-order valence-corrected chi connectivity index (χ0v) is 15.9. The molecule has 0 saturated heterocycles. The molecular weight excluding hydrogens is 412 g/mol. The second-order valence-electron chi connectivity index (χ2n) is 5.04. The first-order chi connectivity index (χ1) is 11.9. The number of ether oxygens (including phenoxy) is 2. The van der Waals surface area contributed by atoms with Gasteiger partial charge >= 0.3 is 0 Å². The van der Waals surface area contributed by atoms with Crippen molar-refractivity contribution in [2.75, 3.05) is 13.7 Å². The lowest BCUT2D eigenvalue weighted by molar-refractivity contribution is -0.123. The molecule has 0 aliphatic heterocycles. The number of phenols is 1. The lowest BCUT2D eigenvalue weighted by Gasteiger charge is -2.07. The van der Waals surface area contributed by atoms with E-state index in [2.05, 4.69) is 26.5 Å². The summed E-state index contributed by atoms with van der Waals surface area (Å²) in [6.07, 6.45) is 1.31. The molecule has 0 bridgehead atoms. The van der Waals surface area contributed by atoms with E-state index in [0.29, 0.717) is 26.6 Å². The van der Waals surface area contributed by atoms with Crippen LogP contribution in [-0.4, -0.2) is 30.9 Å². The van der Waals surface area contributed by atoms with Crippen molar-refractivity contribution >= 4 is 39.7 Å². The molecule has 8 heteroatoms. The molecule has 0 unspecified atom stereocenters. The SMILES string of the molecule is COc1cc(Br)cc(C=NNC(=O)COc2ccc(Cl)c(C)c2)c1O. The first-order valence-electron chi connectivity index (χ1n) is 7.18. The van der Waals surface area contributed by atoms with E-state index in [1.54, 1.807) is 30.3 Å². The van der Waals surface area contributed by atoms with E-state index < -0.39 is 5.91 Å². The summed E-state index contributed by atoms with van der Waals surface area (Å²) < 4.78 is 11.1. The number of hydrazone groups is 1. The second kappa shape index (κ2) is 8.73. The summed E-state index contributed by atoms with van der Waals surface area (Å²) in [5.74, 6) is 0.320. The number of hydrogen-bond donors (Lipinski definition) is 2. The number of methoxy groups -OCH3 is 1. The molecule has 2 aromatic carbocycles. The van der Waals surface area contributed by atoms with Gasteiger partial charge in [-0.05, 0) is 42.8 Å². The van der Waals surface area contributed by atoms with Gasteiger partial charge in [-0.2, -0.15) is 5.10 Å². The number of carbonyl (C=O) groups is 1. The number of rotatable bonds is 6. The predicted molar refractivity (Wildman–Crippen MR) is 99.8 cm³/mol. The van der Waals surface area contributed by atoms with Gasteiger partial charge in [0.05, 0.1) is 13.3 Å². The molecule has 0 aromatic heterocycles. The summed E-state index contributed by atoms with van der Waals surface area (Å²) in [7, 11) is 1.44. The van der Waals surface area contributed by atoms with Gasteiger partial charge in [0.25, 0.3) is 5.91 Å². The van der Waals surface area contributed by atoms with Gasteiger partial charge in [0.1, 0.15) is 5.75 Å². The molecule has 0 saturated carbocycles.